The highest BCUT2D eigenvalue weighted by Gasteiger charge is 2.35. The van der Waals surface area contributed by atoms with Crippen molar-refractivity contribution in [2.75, 3.05) is 13.7 Å². The molecule has 0 unspecified atom stereocenters. The van der Waals surface area contributed by atoms with Crippen molar-refractivity contribution in [1.29, 1.82) is 0 Å². The van der Waals surface area contributed by atoms with Crippen molar-refractivity contribution in [2.45, 2.75) is 19.6 Å². The average Bonchev–Trinajstić information content (AvgIpc) is 3.38. The van der Waals surface area contributed by atoms with Crippen LogP contribution in [0.15, 0.2) is 106 Å². The smallest absolute Gasteiger partial charge is 0.338 e. The first kappa shape index (κ1) is 33.0. The fraction of sp³-hybridized carbons (Fsp3) is 0.139. The molecule has 1 aromatic heterocycles. The molecule has 0 aliphatic carbocycles. The highest BCUT2D eigenvalue weighted by atomic mass is 127. The Morgan fingerprint density at radius 2 is 1.74 bits per heavy atom. The lowest BCUT2D eigenvalue weighted by Gasteiger charge is -2.25. The van der Waals surface area contributed by atoms with E-state index in [-0.39, 0.29) is 18.8 Å². The van der Waals surface area contributed by atoms with Crippen LogP contribution in [0.5, 0.6) is 11.5 Å². The molecular formula is C36H27Cl2IN2O5S. The van der Waals surface area contributed by atoms with Crippen LogP contribution in [-0.2, 0) is 16.1 Å². The van der Waals surface area contributed by atoms with Gasteiger partial charge in [-0.25, -0.2) is 9.79 Å². The molecule has 1 aliphatic rings. The Balaban J connectivity index is 1.47. The number of methoxy groups -OCH3 is 1. The van der Waals surface area contributed by atoms with Gasteiger partial charge in [-0.05, 0) is 71.0 Å². The van der Waals surface area contributed by atoms with E-state index < -0.39 is 12.0 Å². The Kier molecular flexibility index (Phi) is 10.2. The summed E-state index contributed by atoms with van der Waals surface area (Å²) in [6, 6.07) is 27.2. The highest BCUT2D eigenvalue weighted by Crippen LogP contribution is 2.37. The van der Waals surface area contributed by atoms with Gasteiger partial charge in [0.05, 0.1) is 39.1 Å². The number of nitrogens with zero attached hydrogens (tertiary/aromatic N) is 2. The molecule has 2 heterocycles. The number of carbonyl (C=O) groups excluding carboxylic acids is 1. The molecule has 238 valence electrons. The number of rotatable bonds is 9. The van der Waals surface area contributed by atoms with Crippen LogP contribution < -0.4 is 24.4 Å². The van der Waals surface area contributed by atoms with Crippen LogP contribution in [0.4, 0.5) is 0 Å². The van der Waals surface area contributed by atoms with Gasteiger partial charge in [0.25, 0.3) is 5.56 Å². The summed E-state index contributed by atoms with van der Waals surface area (Å²) < 4.78 is 20.2. The van der Waals surface area contributed by atoms with Crippen molar-refractivity contribution in [1.82, 2.24) is 4.57 Å². The van der Waals surface area contributed by atoms with Crippen LogP contribution in [0, 0.1) is 3.57 Å². The van der Waals surface area contributed by atoms with Crippen molar-refractivity contribution in [2.24, 2.45) is 4.99 Å². The lowest BCUT2D eigenvalue weighted by atomic mass is 9.93. The molecule has 7 nitrogen and oxygen atoms in total. The third kappa shape index (κ3) is 6.89. The molecule has 0 spiro atoms. The number of benzene rings is 4. The predicted octanol–water partition coefficient (Wildman–Crippen LogP) is 7.43. The van der Waals surface area contributed by atoms with Crippen molar-refractivity contribution >= 4 is 74.9 Å². The Morgan fingerprint density at radius 3 is 2.43 bits per heavy atom. The van der Waals surface area contributed by atoms with E-state index in [1.807, 2.05) is 78.9 Å². The maximum Gasteiger partial charge on any atom is 0.338 e. The van der Waals surface area contributed by atoms with Gasteiger partial charge in [-0.3, -0.25) is 9.36 Å². The lowest BCUT2D eigenvalue weighted by molar-refractivity contribution is -0.138. The van der Waals surface area contributed by atoms with Crippen LogP contribution in [0.1, 0.15) is 35.2 Å². The number of hydrogen-bond donors (Lipinski definition) is 0. The minimum atomic E-state index is -0.742. The molecule has 0 saturated carbocycles. The SMILES string of the molecule is CCOC(=O)C1=C(c2ccccc2)N=c2s/c(=C\c3cc(I)c(OCc4ccc(Cl)cc4Cl)c(OC)c3)c(=O)n2[C@@H]1c1ccccc1. The normalized spacial score (nSPS) is 14.4. The molecule has 0 amide bonds. The molecule has 5 aromatic rings. The average molecular weight is 797 g/mol. The minimum absolute atomic E-state index is 0.184. The fourth-order valence-corrected chi connectivity index (χ4v) is 7.54. The van der Waals surface area contributed by atoms with E-state index in [2.05, 4.69) is 22.6 Å². The molecule has 0 bridgehead atoms. The number of carbonyl (C=O) groups is 1. The zero-order chi connectivity index (χ0) is 33.1. The van der Waals surface area contributed by atoms with E-state index in [4.69, 9.17) is 42.4 Å². The molecule has 6 rings (SSSR count). The van der Waals surface area contributed by atoms with Crippen LogP contribution >= 0.6 is 57.1 Å². The van der Waals surface area contributed by atoms with Crippen LogP contribution in [-0.4, -0.2) is 24.3 Å². The topological polar surface area (TPSA) is 79.1 Å². The first-order valence-electron chi connectivity index (χ1n) is 14.6. The summed E-state index contributed by atoms with van der Waals surface area (Å²) in [7, 11) is 1.56. The van der Waals surface area contributed by atoms with Gasteiger partial charge in [-0.1, -0.05) is 101 Å². The number of halogens is 3. The second-order valence-electron chi connectivity index (χ2n) is 10.4. The van der Waals surface area contributed by atoms with Crippen molar-refractivity contribution in [3.63, 3.8) is 0 Å². The second-order valence-corrected chi connectivity index (χ2v) is 13.4. The zero-order valence-corrected chi connectivity index (χ0v) is 29.7. The number of thiazole rings is 1. The summed E-state index contributed by atoms with van der Waals surface area (Å²) in [4.78, 5) is 33.2. The van der Waals surface area contributed by atoms with Crippen LogP contribution in [0.2, 0.25) is 10.0 Å². The molecule has 47 heavy (non-hydrogen) atoms. The van der Waals surface area contributed by atoms with Gasteiger partial charge in [-0.2, -0.15) is 0 Å². The molecule has 4 aromatic carbocycles. The third-order valence-corrected chi connectivity index (χ3v) is 9.80. The molecule has 0 saturated heterocycles. The van der Waals surface area contributed by atoms with E-state index in [0.29, 0.717) is 42.1 Å². The number of esters is 1. The largest absolute Gasteiger partial charge is 0.493 e. The third-order valence-electron chi connectivity index (χ3n) is 7.43. The molecular weight excluding hydrogens is 770 g/mol. The highest BCUT2D eigenvalue weighted by molar-refractivity contribution is 14.1. The summed E-state index contributed by atoms with van der Waals surface area (Å²) in [6.45, 7) is 2.15. The maximum absolute atomic E-state index is 14.2. The van der Waals surface area contributed by atoms with Gasteiger partial charge in [0, 0.05) is 21.2 Å². The first-order chi connectivity index (χ1) is 22.8. The summed E-state index contributed by atoms with van der Waals surface area (Å²) in [5, 5.41) is 1.05. The molecule has 0 radical (unpaired) electrons. The monoisotopic (exact) mass is 796 g/mol. The molecule has 1 aliphatic heterocycles. The van der Waals surface area contributed by atoms with Gasteiger partial charge in [0.1, 0.15) is 6.61 Å². The van der Waals surface area contributed by atoms with Crippen molar-refractivity contribution in [3.8, 4) is 11.5 Å². The number of fused-ring (bicyclic) bond motifs is 1. The van der Waals surface area contributed by atoms with E-state index in [9.17, 15) is 9.59 Å². The van der Waals surface area contributed by atoms with Crippen molar-refractivity contribution < 1.29 is 19.0 Å². The van der Waals surface area contributed by atoms with Gasteiger partial charge >= 0.3 is 5.97 Å². The molecule has 11 heteroatoms. The van der Waals surface area contributed by atoms with Gasteiger partial charge in [0.15, 0.2) is 16.3 Å². The van der Waals surface area contributed by atoms with Gasteiger partial charge in [0.2, 0.25) is 0 Å². The first-order valence-corrected chi connectivity index (χ1v) is 17.2. The molecule has 1 atom stereocenters. The quantitative estimate of drug-likeness (QED) is 0.115. The summed E-state index contributed by atoms with van der Waals surface area (Å²) in [6.07, 6.45) is 1.80. The molecule has 0 N–H and O–H groups in total. The van der Waals surface area contributed by atoms with Crippen molar-refractivity contribution in [3.05, 3.63) is 152 Å². The van der Waals surface area contributed by atoms with Crippen LogP contribution in [0.3, 0.4) is 0 Å². The standard InChI is InChI=1S/C36H27Cl2IN2O5S/c1-3-45-35(43)30-31(22-10-6-4-7-11-22)40-36-41(32(30)23-12-8-5-9-13-23)34(42)29(47-36)18-21-16-27(39)33(28(17-21)44-2)46-20-24-14-15-25(37)19-26(24)38/h4-19,32H,3,20H2,1-2H3/b29-18-/t32-/m1/s1. The fourth-order valence-electron chi connectivity index (χ4n) is 5.29. The van der Waals surface area contributed by atoms with Crippen LogP contribution in [0.25, 0.3) is 11.8 Å². The predicted molar refractivity (Wildman–Crippen MR) is 194 cm³/mol. The van der Waals surface area contributed by atoms with Gasteiger partial charge in [-0.15, -0.1) is 0 Å². The number of ether oxygens (including phenoxy) is 3. The second kappa shape index (κ2) is 14.5. The zero-order valence-electron chi connectivity index (χ0n) is 25.2. The Labute approximate surface area is 298 Å². The maximum atomic E-state index is 14.2. The lowest BCUT2D eigenvalue weighted by Crippen LogP contribution is -2.40. The number of aromatic nitrogens is 1. The van der Waals surface area contributed by atoms with Gasteiger partial charge < -0.3 is 14.2 Å². The summed E-state index contributed by atoms with van der Waals surface area (Å²) >= 11 is 15.8. The minimum Gasteiger partial charge on any atom is -0.493 e. The Bertz CT molecular complexity index is 2180. The van der Waals surface area contributed by atoms with E-state index in [0.717, 1.165) is 25.8 Å². The number of hydrogen-bond acceptors (Lipinski definition) is 7. The Morgan fingerprint density at radius 1 is 1.02 bits per heavy atom. The summed E-state index contributed by atoms with van der Waals surface area (Å²) in [5.41, 5.74) is 3.55. The van der Waals surface area contributed by atoms with E-state index in [1.165, 1.54) is 11.3 Å². The van der Waals surface area contributed by atoms with E-state index in [1.54, 1.807) is 36.8 Å². The van der Waals surface area contributed by atoms with E-state index >= 15 is 0 Å². The Hall–Kier alpha value is -3.90. The summed E-state index contributed by atoms with van der Waals surface area (Å²) in [5.74, 6) is 0.528. The molecule has 0 fully saturated rings.